The lowest BCUT2D eigenvalue weighted by Crippen LogP contribution is -2.28. The molecule has 0 saturated carbocycles. The van der Waals surface area contributed by atoms with Gasteiger partial charge in [0.25, 0.3) is 5.56 Å². The number of hydrogen-bond donors (Lipinski definition) is 1. The smallest absolute Gasteiger partial charge is 0.327 e. The monoisotopic (exact) mass is 327 g/mol. The zero-order valence-corrected chi connectivity index (χ0v) is 13.1. The highest BCUT2D eigenvalue weighted by atomic mass is 35.5. The van der Waals surface area contributed by atoms with Gasteiger partial charge in [0, 0.05) is 16.3 Å². The molecule has 0 radical (unpaired) electrons. The average molecular weight is 328 g/mol. The van der Waals surface area contributed by atoms with Gasteiger partial charge in [-0.15, -0.1) is 11.3 Å². The third kappa shape index (κ3) is 3.83. The first-order valence-electron chi connectivity index (χ1n) is 6.13. The number of thiophene rings is 1. The molecule has 2 aromatic heterocycles. The minimum absolute atomic E-state index is 0.00202. The number of aryl methyl sites for hydroxylation is 1. The van der Waals surface area contributed by atoms with E-state index < -0.39 is 11.5 Å². The molecule has 1 N–H and O–H groups in total. The fourth-order valence-corrected chi connectivity index (χ4v) is 2.69. The Hall–Kier alpha value is -1.86. The molecular weight excluding hydrogens is 314 g/mol. The van der Waals surface area contributed by atoms with Crippen molar-refractivity contribution in [3.8, 4) is 0 Å². The second kappa shape index (κ2) is 6.73. The number of nitrogens with zero attached hydrogens (tertiary/aromatic N) is 2. The molecule has 0 atom stereocenters. The van der Waals surface area contributed by atoms with E-state index in [1.165, 1.54) is 18.2 Å². The summed E-state index contributed by atoms with van der Waals surface area (Å²) in [5.74, 6) is -0.560. The first-order chi connectivity index (χ1) is 10.0. The number of carbonyl (C=O) groups excluding carboxylic acids is 1. The van der Waals surface area contributed by atoms with Crippen LogP contribution in [-0.2, 0) is 22.6 Å². The molecule has 0 saturated heterocycles. The van der Waals surface area contributed by atoms with Gasteiger partial charge >= 0.3 is 5.97 Å². The first-order valence-corrected chi connectivity index (χ1v) is 7.32. The Morgan fingerprint density at radius 2 is 2.29 bits per heavy atom. The van der Waals surface area contributed by atoms with Gasteiger partial charge in [-0.05, 0) is 19.1 Å². The molecule has 0 bridgehead atoms. The molecular formula is C13H14ClN3O3S. The number of ether oxygens (including phenoxy) is 1. The highest BCUT2D eigenvalue weighted by Gasteiger charge is 2.12. The number of rotatable bonds is 5. The third-order valence-electron chi connectivity index (χ3n) is 2.74. The maximum absolute atomic E-state index is 12.0. The first kappa shape index (κ1) is 15.5. The molecule has 0 aliphatic heterocycles. The number of methoxy groups -OCH3 is 1. The predicted octanol–water partition coefficient (Wildman–Crippen LogP) is 2.05. The van der Waals surface area contributed by atoms with Crippen molar-refractivity contribution in [3.63, 3.8) is 0 Å². The lowest BCUT2D eigenvalue weighted by molar-refractivity contribution is -0.141. The van der Waals surface area contributed by atoms with Crippen LogP contribution in [0.3, 0.4) is 0 Å². The topological polar surface area (TPSA) is 73.2 Å². The number of nitrogens with one attached hydrogen (secondary N) is 1. The maximum Gasteiger partial charge on any atom is 0.327 e. The van der Waals surface area contributed by atoms with Crippen molar-refractivity contribution in [2.75, 3.05) is 12.4 Å². The van der Waals surface area contributed by atoms with Gasteiger partial charge in [-0.3, -0.25) is 9.59 Å². The zero-order chi connectivity index (χ0) is 15.4. The summed E-state index contributed by atoms with van der Waals surface area (Å²) in [4.78, 5) is 25.5. The predicted molar refractivity (Wildman–Crippen MR) is 81.9 cm³/mol. The summed E-state index contributed by atoms with van der Waals surface area (Å²) in [5, 5.41) is 6.97. The molecule has 0 fully saturated rings. The number of carbonyl (C=O) groups is 1. The average Bonchev–Trinajstić information content (AvgIpc) is 2.88. The minimum Gasteiger partial charge on any atom is -0.468 e. The SMILES string of the molecule is COC(=O)Cn1ncc(NCc2ccc(C)s2)c(Cl)c1=O. The molecule has 2 aromatic rings. The lowest BCUT2D eigenvalue weighted by Gasteiger charge is -2.09. The fourth-order valence-electron chi connectivity index (χ4n) is 1.65. The van der Waals surface area contributed by atoms with Crippen molar-refractivity contribution in [2.24, 2.45) is 0 Å². The number of halogens is 1. The van der Waals surface area contributed by atoms with E-state index in [0.29, 0.717) is 12.2 Å². The Bertz CT molecular complexity index is 711. The molecule has 0 spiro atoms. The van der Waals surface area contributed by atoms with Crippen LogP contribution in [0.2, 0.25) is 5.02 Å². The van der Waals surface area contributed by atoms with Gasteiger partial charge in [0.1, 0.15) is 11.6 Å². The van der Waals surface area contributed by atoms with Gasteiger partial charge in [-0.2, -0.15) is 5.10 Å². The second-order valence-corrected chi connectivity index (χ2v) is 6.03. The quantitative estimate of drug-likeness (QED) is 0.851. The molecule has 0 aliphatic rings. The van der Waals surface area contributed by atoms with Gasteiger partial charge in [-0.25, -0.2) is 4.68 Å². The molecule has 0 aliphatic carbocycles. The van der Waals surface area contributed by atoms with Crippen molar-refractivity contribution in [1.29, 1.82) is 0 Å². The Labute approximate surface area is 130 Å². The molecule has 8 heteroatoms. The summed E-state index contributed by atoms with van der Waals surface area (Å²) in [6.07, 6.45) is 1.42. The summed E-state index contributed by atoms with van der Waals surface area (Å²) in [6, 6.07) is 4.03. The van der Waals surface area contributed by atoms with E-state index in [1.54, 1.807) is 11.3 Å². The Morgan fingerprint density at radius 3 is 2.90 bits per heavy atom. The van der Waals surface area contributed by atoms with Crippen LogP contribution in [0.1, 0.15) is 9.75 Å². The van der Waals surface area contributed by atoms with Crippen molar-refractivity contribution in [3.05, 3.63) is 43.5 Å². The van der Waals surface area contributed by atoms with Gasteiger partial charge < -0.3 is 10.1 Å². The van der Waals surface area contributed by atoms with E-state index in [2.05, 4.69) is 15.2 Å². The molecule has 6 nitrogen and oxygen atoms in total. The van der Waals surface area contributed by atoms with Gasteiger partial charge in [-0.1, -0.05) is 11.6 Å². The lowest BCUT2D eigenvalue weighted by atomic mass is 10.4. The largest absolute Gasteiger partial charge is 0.468 e. The van der Waals surface area contributed by atoms with Gasteiger partial charge in [0.05, 0.1) is 19.0 Å². The van der Waals surface area contributed by atoms with E-state index in [9.17, 15) is 9.59 Å². The molecule has 0 amide bonds. The van der Waals surface area contributed by atoms with Crippen LogP contribution in [0.4, 0.5) is 5.69 Å². The fraction of sp³-hybridized carbons (Fsp3) is 0.308. The van der Waals surface area contributed by atoms with Crippen molar-refractivity contribution in [1.82, 2.24) is 9.78 Å². The van der Waals surface area contributed by atoms with Crippen molar-refractivity contribution < 1.29 is 9.53 Å². The second-order valence-electron chi connectivity index (χ2n) is 4.28. The van der Waals surface area contributed by atoms with Crippen LogP contribution < -0.4 is 10.9 Å². The van der Waals surface area contributed by atoms with E-state index in [-0.39, 0.29) is 11.6 Å². The van der Waals surface area contributed by atoms with E-state index in [0.717, 1.165) is 9.56 Å². The Kier molecular flexibility index (Phi) is 4.98. The van der Waals surface area contributed by atoms with Crippen LogP contribution in [0.5, 0.6) is 0 Å². The zero-order valence-electron chi connectivity index (χ0n) is 11.6. The van der Waals surface area contributed by atoms with E-state index >= 15 is 0 Å². The number of anilines is 1. The van der Waals surface area contributed by atoms with Crippen LogP contribution in [0, 0.1) is 6.92 Å². The van der Waals surface area contributed by atoms with Crippen LogP contribution >= 0.6 is 22.9 Å². The normalized spacial score (nSPS) is 10.4. The summed E-state index contributed by atoms with van der Waals surface area (Å²) >= 11 is 7.67. The van der Waals surface area contributed by atoms with E-state index in [4.69, 9.17) is 11.6 Å². The minimum atomic E-state index is -0.560. The summed E-state index contributed by atoms with van der Waals surface area (Å²) in [5.41, 5.74) is -0.0942. The number of esters is 1. The Balaban J connectivity index is 2.13. The van der Waals surface area contributed by atoms with Crippen molar-refractivity contribution in [2.45, 2.75) is 20.0 Å². The number of aromatic nitrogens is 2. The number of hydrogen-bond acceptors (Lipinski definition) is 6. The standard InChI is InChI=1S/C13H14ClN3O3S/c1-8-3-4-9(21-8)5-15-10-6-16-17(7-11(18)20-2)13(19)12(10)14/h3-4,6,15H,5,7H2,1-2H3. The maximum atomic E-state index is 12.0. The molecule has 112 valence electrons. The summed E-state index contributed by atoms with van der Waals surface area (Å²) in [7, 11) is 1.24. The third-order valence-corrected chi connectivity index (χ3v) is 4.11. The van der Waals surface area contributed by atoms with Crippen LogP contribution in [0.15, 0.2) is 23.1 Å². The summed E-state index contributed by atoms with van der Waals surface area (Å²) < 4.78 is 5.46. The highest BCUT2D eigenvalue weighted by molar-refractivity contribution is 7.11. The highest BCUT2D eigenvalue weighted by Crippen LogP contribution is 2.19. The molecule has 2 rings (SSSR count). The molecule has 0 unspecified atom stereocenters. The van der Waals surface area contributed by atoms with E-state index in [1.807, 2.05) is 19.1 Å². The summed E-state index contributed by atoms with van der Waals surface area (Å²) in [6.45, 7) is 2.32. The van der Waals surface area contributed by atoms with Crippen molar-refractivity contribution >= 4 is 34.6 Å². The molecule has 2 heterocycles. The molecule has 0 aromatic carbocycles. The van der Waals surface area contributed by atoms with Crippen LogP contribution in [-0.4, -0.2) is 22.9 Å². The molecule has 21 heavy (non-hydrogen) atoms. The Morgan fingerprint density at radius 1 is 1.52 bits per heavy atom. The van der Waals surface area contributed by atoms with Crippen LogP contribution in [0.25, 0.3) is 0 Å². The van der Waals surface area contributed by atoms with Gasteiger partial charge in [0.2, 0.25) is 0 Å². The van der Waals surface area contributed by atoms with Gasteiger partial charge in [0.15, 0.2) is 0 Å².